The Kier molecular flexibility index (Phi) is 4.96. The number of nitrogens with zero attached hydrogens (tertiary/aromatic N) is 1. The molecule has 0 spiro atoms. The van der Waals surface area contributed by atoms with Gasteiger partial charge >= 0.3 is 0 Å². The first kappa shape index (κ1) is 14.1. The minimum atomic E-state index is 0.262. The summed E-state index contributed by atoms with van der Waals surface area (Å²) in [5.74, 6) is 0.894. The Bertz CT molecular complexity index is 499. The molecule has 0 bridgehead atoms. The van der Waals surface area contributed by atoms with E-state index in [1.165, 1.54) is 11.1 Å². The quantitative estimate of drug-likeness (QED) is 0.881. The lowest BCUT2D eigenvalue weighted by Crippen LogP contribution is -2.29. The lowest BCUT2D eigenvalue weighted by Gasteiger charge is -2.26. The van der Waals surface area contributed by atoms with Crippen molar-refractivity contribution in [3.63, 3.8) is 0 Å². The number of likely N-dealkylation sites (N-methyl/N-ethyl adjacent to an activating group) is 1. The van der Waals surface area contributed by atoms with Gasteiger partial charge in [0.1, 0.15) is 5.75 Å². The Morgan fingerprint density at radius 1 is 1.37 bits per heavy atom. The molecular weight excluding hydrogens is 256 g/mol. The number of hydrogen-bond acceptors (Lipinski definition) is 4. The zero-order valence-corrected chi connectivity index (χ0v) is 12.2. The lowest BCUT2D eigenvalue weighted by molar-refractivity contribution is 0.242. The van der Waals surface area contributed by atoms with E-state index < -0.39 is 0 Å². The van der Waals surface area contributed by atoms with Crippen LogP contribution in [0.25, 0.3) is 0 Å². The standard InChI is InChI=1S/C15H20N2OS/c1-17(15(9-16)13-6-7-19-11-13)10-12-4-3-5-14(8-12)18-2/h3-8,11,15H,9-10,16H2,1-2H3. The number of thiophene rings is 1. The number of methoxy groups -OCH3 is 1. The maximum atomic E-state index is 5.91. The molecule has 1 aromatic heterocycles. The first-order chi connectivity index (χ1) is 9.24. The number of ether oxygens (including phenoxy) is 1. The first-order valence-corrected chi connectivity index (χ1v) is 7.24. The Morgan fingerprint density at radius 2 is 2.21 bits per heavy atom. The van der Waals surface area contributed by atoms with Crippen molar-refractivity contribution < 1.29 is 4.74 Å². The van der Waals surface area contributed by atoms with E-state index >= 15 is 0 Å². The summed E-state index contributed by atoms with van der Waals surface area (Å²) in [7, 11) is 3.80. The van der Waals surface area contributed by atoms with Gasteiger partial charge in [0.15, 0.2) is 0 Å². The van der Waals surface area contributed by atoms with Crippen molar-refractivity contribution in [2.45, 2.75) is 12.6 Å². The second kappa shape index (κ2) is 6.70. The van der Waals surface area contributed by atoms with E-state index in [2.05, 4.69) is 40.9 Å². The van der Waals surface area contributed by atoms with Crippen LogP contribution in [0.3, 0.4) is 0 Å². The van der Waals surface area contributed by atoms with E-state index in [0.717, 1.165) is 12.3 Å². The van der Waals surface area contributed by atoms with E-state index in [-0.39, 0.29) is 6.04 Å². The highest BCUT2D eigenvalue weighted by atomic mass is 32.1. The van der Waals surface area contributed by atoms with Crippen LogP contribution >= 0.6 is 11.3 Å². The van der Waals surface area contributed by atoms with Gasteiger partial charge in [0.05, 0.1) is 7.11 Å². The van der Waals surface area contributed by atoms with E-state index in [0.29, 0.717) is 6.54 Å². The molecule has 0 saturated heterocycles. The van der Waals surface area contributed by atoms with Crippen LogP contribution in [0, 0.1) is 0 Å². The molecule has 19 heavy (non-hydrogen) atoms. The molecule has 0 aliphatic carbocycles. The monoisotopic (exact) mass is 276 g/mol. The molecule has 102 valence electrons. The molecule has 1 atom stereocenters. The van der Waals surface area contributed by atoms with Gasteiger partial charge in [-0.1, -0.05) is 12.1 Å². The predicted octanol–water partition coefficient (Wildman–Crippen LogP) is 2.89. The molecule has 1 aromatic carbocycles. The van der Waals surface area contributed by atoms with Crippen LogP contribution < -0.4 is 10.5 Å². The molecule has 1 heterocycles. The van der Waals surface area contributed by atoms with Gasteiger partial charge in [0, 0.05) is 19.1 Å². The molecule has 4 heteroatoms. The number of benzene rings is 1. The van der Waals surface area contributed by atoms with Gasteiger partial charge < -0.3 is 10.5 Å². The average molecular weight is 276 g/mol. The lowest BCUT2D eigenvalue weighted by atomic mass is 10.1. The SMILES string of the molecule is COc1cccc(CN(C)C(CN)c2ccsc2)c1. The summed E-state index contributed by atoms with van der Waals surface area (Å²) < 4.78 is 5.25. The third kappa shape index (κ3) is 3.56. The Labute approximate surface area is 118 Å². The van der Waals surface area contributed by atoms with Crippen LogP contribution in [0.1, 0.15) is 17.2 Å². The summed E-state index contributed by atoms with van der Waals surface area (Å²) >= 11 is 1.71. The minimum Gasteiger partial charge on any atom is -0.497 e. The second-order valence-corrected chi connectivity index (χ2v) is 5.35. The summed E-state index contributed by atoms with van der Waals surface area (Å²) in [4.78, 5) is 2.27. The third-order valence-electron chi connectivity index (χ3n) is 3.25. The van der Waals surface area contributed by atoms with Crippen LogP contribution in [0.2, 0.25) is 0 Å². The highest BCUT2D eigenvalue weighted by Crippen LogP contribution is 2.23. The van der Waals surface area contributed by atoms with E-state index in [1.807, 2.05) is 12.1 Å². The summed E-state index contributed by atoms with van der Waals surface area (Å²) in [6, 6.07) is 10.6. The molecule has 0 fully saturated rings. The molecule has 0 aliphatic heterocycles. The fourth-order valence-electron chi connectivity index (χ4n) is 2.20. The third-order valence-corrected chi connectivity index (χ3v) is 3.95. The van der Waals surface area contributed by atoms with Gasteiger partial charge in [-0.05, 0) is 47.1 Å². The van der Waals surface area contributed by atoms with E-state index in [9.17, 15) is 0 Å². The smallest absolute Gasteiger partial charge is 0.119 e. The highest BCUT2D eigenvalue weighted by molar-refractivity contribution is 7.07. The van der Waals surface area contributed by atoms with E-state index in [4.69, 9.17) is 10.5 Å². The summed E-state index contributed by atoms with van der Waals surface area (Å²) in [5.41, 5.74) is 8.43. The van der Waals surface area contributed by atoms with Gasteiger partial charge in [-0.25, -0.2) is 0 Å². The van der Waals surface area contributed by atoms with Crippen LogP contribution in [-0.2, 0) is 6.54 Å². The number of rotatable bonds is 6. The van der Waals surface area contributed by atoms with Gasteiger partial charge in [0.25, 0.3) is 0 Å². The Balaban J connectivity index is 2.08. The highest BCUT2D eigenvalue weighted by Gasteiger charge is 2.16. The Morgan fingerprint density at radius 3 is 2.84 bits per heavy atom. The minimum absolute atomic E-state index is 0.262. The molecular formula is C15H20N2OS. The maximum absolute atomic E-state index is 5.91. The van der Waals surface area contributed by atoms with Crippen molar-refractivity contribution in [3.8, 4) is 5.75 Å². The number of hydrogen-bond donors (Lipinski definition) is 1. The largest absolute Gasteiger partial charge is 0.497 e. The fraction of sp³-hybridized carbons (Fsp3) is 0.333. The van der Waals surface area contributed by atoms with E-state index in [1.54, 1.807) is 18.4 Å². The first-order valence-electron chi connectivity index (χ1n) is 6.30. The number of nitrogens with two attached hydrogens (primary N) is 1. The summed E-state index contributed by atoms with van der Waals surface area (Å²) in [6.45, 7) is 1.48. The van der Waals surface area contributed by atoms with Crippen LogP contribution in [0.5, 0.6) is 5.75 Å². The van der Waals surface area contributed by atoms with Gasteiger partial charge in [-0.2, -0.15) is 11.3 Å². The van der Waals surface area contributed by atoms with Crippen LogP contribution in [-0.4, -0.2) is 25.6 Å². The fourth-order valence-corrected chi connectivity index (χ4v) is 2.91. The zero-order chi connectivity index (χ0) is 13.7. The van der Waals surface area contributed by atoms with Crippen molar-refractivity contribution in [1.29, 1.82) is 0 Å². The maximum Gasteiger partial charge on any atom is 0.119 e. The van der Waals surface area contributed by atoms with Crippen molar-refractivity contribution in [2.75, 3.05) is 20.7 Å². The molecule has 0 amide bonds. The molecule has 2 aromatic rings. The Hall–Kier alpha value is -1.36. The molecule has 0 aliphatic rings. The topological polar surface area (TPSA) is 38.5 Å². The zero-order valence-electron chi connectivity index (χ0n) is 11.4. The molecule has 0 saturated carbocycles. The molecule has 2 rings (SSSR count). The summed E-state index contributed by atoms with van der Waals surface area (Å²) in [5, 5.41) is 4.26. The molecule has 1 unspecified atom stereocenters. The van der Waals surface area contributed by atoms with Crippen LogP contribution in [0.15, 0.2) is 41.1 Å². The molecule has 0 radical (unpaired) electrons. The van der Waals surface area contributed by atoms with Gasteiger partial charge in [0.2, 0.25) is 0 Å². The van der Waals surface area contributed by atoms with Crippen molar-refractivity contribution in [1.82, 2.24) is 4.90 Å². The molecule has 3 nitrogen and oxygen atoms in total. The predicted molar refractivity (Wildman–Crippen MR) is 80.6 cm³/mol. The van der Waals surface area contributed by atoms with Crippen molar-refractivity contribution >= 4 is 11.3 Å². The van der Waals surface area contributed by atoms with Gasteiger partial charge in [-0.3, -0.25) is 4.90 Å². The normalized spacial score (nSPS) is 12.6. The van der Waals surface area contributed by atoms with Crippen molar-refractivity contribution in [2.24, 2.45) is 5.73 Å². The van der Waals surface area contributed by atoms with Crippen molar-refractivity contribution in [3.05, 3.63) is 52.2 Å². The van der Waals surface area contributed by atoms with Crippen LogP contribution in [0.4, 0.5) is 0 Å². The summed E-state index contributed by atoms with van der Waals surface area (Å²) in [6.07, 6.45) is 0. The van der Waals surface area contributed by atoms with Gasteiger partial charge in [-0.15, -0.1) is 0 Å². The second-order valence-electron chi connectivity index (χ2n) is 4.57. The average Bonchev–Trinajstić information content (AvgIpc) is 2.93. The molecule has 2 N–H and O–H groups in total.